The summed E-state index contributed by atoms with van der Waals surface area (Å²) >= 11 is 0. The Balaban J connectivity index is 1.36. The Hall–Kier alpha value is -4.61. The second-order valence-electron chi connectivity index (χ2n) is 13.7. The van der Waals surface area contributed by atoms with E-state index in [0.717, 1.165) is 34.6 Å². The van der Waals surface area contributed by atoms with Gasteiger partial charge in [-0.1, -0.05) is 48.5 Å². The minimum absolute atomic E-state index is 0.0682. The second kappa shape index (κ2) is 19.1. The molecule has 0 spiro atoms. The Kier molecular flexibility index (Phi) is 14.7. The smallest absolute Gasteiger partial charge is 0.410 e. The van der Waals surface area contributed by atoms with Crippen molar-refractivity contribution < 1.29 is 38.1 Å². The van der Waals surface area contributed by atoms with Crippen molar-refractivity contribution in [1.29, 1.82) is 0 Å². The maximum Gasteiger partial charge on any atom is 0.410 e. The topological polar surface area (TPSA) is 125 Å². The van der Waals surface area contributed by atoms with Crippen LogP contribution in [-0.2, 0) is 36.8 Å². The van der Waals surface area contributed by atoms with Crippen LogP contribution >= 0.6 is 0 Å². The summed E-state index contributed by atoms with van der Waals surface area (Å²) in [7, 11) is 1.65. The zero-order valence-corrected chi connectivity index (χ0v) is 30.7. The molecular weight excluding hydrogens is 650 g/mol. The van der Waals surface area contributed by atoms with E-state index in [1.807, 2.05) is 93.6 Å². The van der Waals surface area contributed by atoms with Crippen molar-refractivity contribution >= 4 is 23.6 Å². The number of carbonyl (C=O) groups excluding carboxylic acids is 3. The highest BCUT2D eigenvalue weighted by molar-refractivity contribution is 5.94. The average Bonchev–Trinajstić information content (AvgIpc) is 3.10. The number of para-hydroxylation sites is 2. The summed E-state index contributed by atoms with van der Waals surface area (Å²) in [5.41, 5.74) is 2.97. The molecule has 2 unspecified atom stereocenters. The van der Waals surface area contributed by atoms with E-state index in [9.17, 15) is 14.4 Å². The SMILES string of the molecule is COc1ccccc1COCCCOc1ccc(C2CCN(C(=O)OC(C)(C)C)CC2O[C@H](C)C(=O)Nc2ccccc2CCNC(C)=O)cc1. The predicted octanol–water partition coefficient (Wildman–Crippen LogP) is 6.50. The molecule has 3 aromatic rings. The quantitative estimate of drug-likeness (QED) is 0.162. The number of rotatable bonds is 16. The van der Waals surface area contributed by atoms with E-state index in [0.29, 0.717) is 51.4 Å². The predicted molar refractivity (Wildman–Crippen MR) is 196 cm³/mol. The van der Waals surface area contributed by atoms with Gasteiger partial charge in [-0.25, -0.2) is 4.79 Å². The van der Waals surface area contributed by atoms with Gasteiger partial charge in [0.15, 0.2) is 0 Å². The third-order valence-corrected chi connectivity index (χ3v) is 8.46. The lowest BCUT2D eigenvalue weighted by atomic mass is 9.87. The molecule has 0 bridgehead atoms. The van der Waals surface area contributed by atoms with Gasteiger partial charge in [-0.05, 0) is 75.9 Å². The summed E-state index contributed by atoms with van der Waals surface area (Å²) in [6.07, 6.45) is 0.249. The van der Waals surface area contributed by atoms with E-state index in [-0.39, 0.29) is 24.3 Å². The van der Waals surface area contributed by atoms with Crippen LogP contribution < -0.4 is 20.1 Å². The summed E-state index contributed by atoms with van der Waals surface area (Å²) in [4.78, 5) is 39.5. The van der Waals surface area contributed by atoms with E-state index in [2.05, 4.69) is 10.6 Å². The number of anilines is 1. The normalized spacial score (nSPS) is 16.5. The minimum Gasteiger partial charge on any atom is -0.496 e. The molecule has 11 nitrogen and oxygen atoms in total. The molecule has 0 aliphatic carbocycles. The first kappa shape index (κ1) is 39.2. The molecule has 1 saturated heterocycles. The molecule has 3 atom stereocenters. The summed E-state index contributed by atoms with van der Waals surface area (Å²) in [6, 6.07) is 23.2. The van der Waals surface area contributed by atoms with E-state index in [4.69, 9.17) is 23.7 Å². The van der Waals surface area contributed by atoms with E-state index < -0.39 is 23.9 Å². The largest absolute Gasteiger partial charge is 0.496 e. The maximum absolute atomic E-state index is 13.4. The molecule has 0 saturated carbocycles. The van der Waals surface area contributed by atoms with Gasteiger partial charge < -0.3 is 39.2 Å². The third kappa shape index (κ3) is 12.6. The lowest BCUT2D eigenvalue weighted by Gasteiger charge is -2.40. The molecule has 1 fully saturated rings. The van der Waals surface area contributed by atoms with Crippen LogP contribution in [0.1, 0.15) is 70.1 Å². The van der Waals surface area contributed by atoms with Gasteiger partial charge >= 0.3 is 6.09 Å². The fraction of sp³-hybridized carbons (Fsp3) is 0.475. The van der Waals surface area contributed by atoms with Crippen LogP contribution in [0.5, 0.6) is 11.5 Å². The molecule has 3 amide bonds. The van der Waals surface area contributed by atoms with Crippen LogP contribution in [-0.4, -0.2) is 80.6 Å². The highest BCUT2D eigenvalue weighted by atomic mass is 16.6. The fourth-order valence-corrected chi connectivity index (χ4v) is 5.89. The van der Waals surface area contributed by atoms with E-state index in [1.54, 1.807) is 18.9 Å². The van der Waals surface area contributed by atoms with Gasteiger partial charge in [-0.15, -0.1) is 0 Å². The minimum atomic E-state index is -0.813. The van der Waals surface area contributed by atoms with Crippen molar-refractivity contribution in [2.24, 2.45) is 0 Å². The summed E-state index contributed by atoms with van der Waals surface area (Å²) < 4.78 is 29.3. The molecule has 0 aromatic heterocycles. The Morgan fingerprint density at radius 1 is 0.941 bits per heavy atom. The number of hydrogen-bond acceptors (Lipinski definition) is 8. The number of benzene rings is 3. The van der Waals surface area contributed by atoms with Gasteiger partial charge in [0.25, 0.3) is 5.91 Å². The standard InChI is InChI=1S/C40H53N3O8/c1-28(38(45)42-35-14-9-7-12-31(35)20-22-41-29(2)44)50-37-26-43(39(46)51-40(3,4)5)23-21-34(37)30-16-18-33(19-17-30)49-25-11-24-48-27-32-13-8-10-15-36(32)47-6/h7-10,12-19,28,34,37H,11,20-27H2,1-6H3,(H,41,44)(H,42,45)/t28-,34?,37?/m1/s1. The Bertz CT molecular complexity index is 1570. The van der Waals surface area contributed by atoms with Crippen LogP contribution in [0.15, 0.2) is 72.8 Å². The van der Waals surface area contributed by atoms with Crippen LogP contribution in [0.3, 0.4) is 0 Å². The summed E-state index contributed by atoms with van der Waals surface area (Å²) in [5.74, 6) is 1.08. The molecule has 11 heteroatoms. The van der Waals surface area contributed by atoms with E-state index >= 15 is 0 Å². The number of piperidine rings is 1. The zero-order chi connectivity index (χ0) is 36.8. The Morgan fingerprint density at radius 2 is 1.65 bits per heavy atom. The van der Waals surface area contributed by atoms with Crippen LogP contribution in [0.4, 0.5) is 10.5 Å². The van der Waals surface area contributed by atoms with Crippen molar-refractivity contribution in [3.05, 3.63) is 89.5 Å². The van der Waals surface area contributed by atoms with Gasteiger partial charge in [-0.3, -0.25) is 9.59 Å². The molecule has 1 aliphatic heterocycles. The molecule has 51 heavy (non-hydrogen) atoms. The van der Waals surface area contributed by atoms with Crippen molar-refractivity contribution in [3.8, 4) is 11.5 Å². The summed E-state index contributed by atoms with van der Waals surface area (Å²) in [5, 5.41) is 5.79. The Labute approximate surface area is 301 Å². The third-order valence-electron chi connectivity index (χ3n) is 8.46. The summed E-state index contributed by atoms with van der Waals surface area (Å²) in [6.45, 7) is 11.5. The lowest BCUT2D eigenvalue weighted by Crippen LogP contribution is -2.50. The van der Waals surface area contributed by atoms with Crippen molar-refractivity contribution in [3.63, 3.8) is 0 Å². The first-order chi connectivity index (χ1) is 24.4. The molecule has 1 heterocycles. The van der Waals surface area contributed by atoms with Gasteiger partial charge in [0.2, 0.25) is 5.91 Å². The van der Waals surface area contributed by atoms with Gasteiger partial charge in [0, 0.05) is 43.6 Å². The molecule has 276 valence electrons. The first-order valence-corrected chi connectivity index (χ1v) is 17.6. The lowest BCUT2D eigenvalue weighted by molar-refractivity contribution is -0.133. The van der Waals surface area contributed by atoms with Crippen molar-refractivity contribution in [2.45, 2.75) is 84.2 Å². The Morgan fingerprint density at radius 3 is 2.35 bits per heavy atom. The number of nitrogens with zero attached hydrogens (tertiary/aromatic N) is 1. The van der Waals surface area contributed by atoms with Crippen LogP contribution in [0.2, 0.25) is 0 Å². The number of carbonyl (C=O) groups is 3. The maximum atomic E-state index is 13.4. The molecule has 1 aliphatic rings. The van der Waals surface area contributed by atoms with Crippen LogP contribution in [0.25, 0.3) is 0 Å². The molecular formula is C40H53N3O8. The van der Waals surface area contributed by atoms with Crippen molar-refractivity contribution in [2.75, 3.05) is 45.3 Å². The van der Waals surface area contributed by atoms with Crippen LogP contribution in [0, 0.1) is 0 Å². The van der Waals surface area contributed by atoms with Gasteiger partial charge in [0.05, 0.1) is 39.6 Å². The van der Waals surface area contributed by atoms with Crippen molar-refractivity contribution in [1.82, 2.24) is 10.2 Å². The molecule has 0 radical (unpaired) electrons. The number of methoxy groups -OCH3 is 1. The number of hydrogen-bond donors (Lipinski definition) is 2. The second-order valence-corrected chi connectivity index (χ2v) is 13.7. The first-order valence-electron chi connectivity index (χ1n) is 17.6. The van der Waals surface area contributed by atoms with Gasteiger partial charge in [-0.2, -0.15) is 0 Å². The average molecular weight is 704 g/mol. The molecule has 3 aromatic carbocycles. The molecule has 4 rings (SSSR count). The molecule has 2 N–H and O–H groups in total. The van der Waals surface area contributed by atoms with Gasteiger partial charge in [0.1, 0.15) is 23.2 Å². The zero-order valence-electron chi connectivity index (χ0n) is 30.7. The van der Waals surface area contributed by atoms with E-state index in [1.165, 1.54) is 6.92 Å². The monoisotopic (exact) mass is 703 g/mol. The highest BCUT2D eigenvalue weighted by Crippen LogP contribution is 2.33. The number of ether oxygens (including phenoxy) is 5. The number of nitrogens with one attached hydrogen (secondary N) is 2. The fourth-order valence-electron chi connectivity index (χ4n) is 5.89. The number of likely N-dealkylation sites (tertiary alicyclic amines) is 1. The number of amides is 3. The highest BCUT2D eigenvalue weighted by Gasteiger charge is 2.37.